The summed E-state index contributed by atoms with van der Waals surface area (Å²) in [5.74, 6) is 0. The highest BCUT2D eigenvalue weighted by molar-refractivity contribution is 4.94. The first-order chi connectivity index (χ1) is 4.71. The van der Waals surface area contributed by atoms with Crippen molar-refractivity contribution in [2.75, 3.05) is 6.61 Å². The Balaban J connectivity index is 2.24. The van der Waals surface area contributed by atoms with Crippen LogP contribution in [-0.2, 0) is 0 Å². The van der Waals surface area contributed by atoms with E-state index in [4.69, 9.17) is 5.11 Å². The molecule has 3 heteroatoms. The molecule has 0 atom stereocenters. The average Bonchev–Trinajstić information content (AvgIpc) is 2.64. The molecule has 0 aromatic rings. The van der Waals surface area contributed by atoms with Crippen LogP contribution < -0.4 is 0 Å². The molecular weight excluding hydrogens is 138 g/mol. The third-order valence-electron chi connectivity index (χ3n) is 2.19. The second-order valence-electron chi connectivity index (χ2n) is 2.99. The van der Waals surface area contributed by atoms with Crippen LogP contribution in [0.15, 0.2) is 0 Å². The Bertz CT molecular complexity index is 110. The largest absolute Gasteiger partial charge is 0.396 e. The van der Waals surface area contributed by atoms with E-state index in [0.29, 0.717) is 25.7 Å². The Morgan fingerprint density at radius 3 is 2.30 bits per heavy atom. The van der Waals surface area contributed by atoms with Gasteiger partial charge in [-0.05, 0) is 25.7 Å². The Labute approximate surface area is 59.0 Å². The average molecular weight is 150 g/mol. The van der Waals surface area contributed by atoms with E-state index in [9.17, 15) is 8.78 Å². The monoisotopic (exact) mass is 150 g/mol. The first-order valence-corrected chi connectivity index (χ1v) is 3.60. The van der Waals surface area contributed by atoms with Crippen molar-refractivity contribution in [3.8, 4) is 0 Å². The van der Waals surface area contributed by atoms with Crippen LogP contribution in [0.3, 0.4) is 0 Å². The van der Waals surface area contributed by atoms with E-state index in [2.05, 4.69) is 0 Å². The Hall–Kier alpha value is -0.180. The molecule has 1 rings (SSSR count). The van der Waals surface area contributed by atoms with Gasteiger partial charge in [-0.15, -0.1) is 0 Å². The fraction of sp³-hybridized carbons (Fsp3) is 1.00. The number of aliphatic hydroxyl groups excluding tert-OH is 1. The lowest BCUT2D eigenvalue weighted by atomic mass is 10.0. The van der Waals surface area contributed by atoms with Crippen LogP contribution in [0.2, 0.25) is 0 Å². The molecule has 0 spiro atoms. The van der Waals surface area contributed by atoms with Crippen molar-refractivity contribution in [2.45, 2.75) is 32.1 Å². The zero-order valence-corrected chi connectivity index (χ0v) is 5.82. The van der Waals surface area contributed by atoms with E-state index in [-0.39, 0.29) is 6.61 Å². The fourth-order valence-corrected chi connectivity index (χ4v) is 1.17. The van der Waals surface area contributed by atoms with Crippen LogP contribution >= 0.6 is 0 Å². The van der Waals surface area contributed by atoms with Crippen LogP contribution in [0.1, 0.15) is 25.7 Å². The molecule has 0 aromatic heterocycles. The fourth-order valence-electron chi connectivity index (χ4n) is 1.17. The van der Waals surface area contributed by atoms with Gasteiger partial charge in [0, 0.05) is 12.0 Å². The van der Waals surface area contributed by atoms with Crippen molar-refractivity contribution in [1.82, 2.24) is 0 Å². The van der Waals surface area contributed by atoms with Crippen molar-refractivity contribution in [3.63, 3.8) is 0 Å². The lowest BCUT2D eigenvalue weighted by molar-refractivity contribution is 0.0523. The lowest BCUT2D eigenvalue weighted by Gasteiger charge is -2.11. The molecule has 0 radical (unpaired) electrons. The maximum atomic E-state index is 12.1. The number of hydrogen-bond donors (Lipinski definition) is 1. The van der Waals surface area contributed by atoms with Gasteiger partial charge in [0.25, 0.3) is 0 Å². The highest BCUT2D eigenvalue weighted by Crippen LogP contribution is 2.54. The molecule has 10 heavy (non-hydrogen) atoms. The van der Waals surface area contributed by atoms with Gasteiger partial charge in [-0.2, -0.15) is 0 Å². The molecule has 0 saturated heterocycles. The zero-order valence-electron chi connectivity index (χ0n) is 5.82. The van der Waals surface area contributed by atoms with Crippen molar-refractivity contribution in [1.29, 1.82) is 0 Å². The predicted octanol–water partition coefficient (Wildman–Crippen LogP) is 1.80. The second kappa shape index (κ2) is 2.82. The minimum atomic E-state index is -2.18. The van der Waals surface area contributed by atoms with Gasteiger partial charge in [0.1, 0.15) is 0 Å². The number of halogens is 2. The lowest BCUT2D eigenvalue weighted by Crippen LogP contribution is -2.12. The predicted molar refractivity (Wildman–Crippen MR) is 34.0 cm³/mol. The molecule has 0 unspecified atom stereocenters. The van der Waals surface area contributed by atoms with E-state index in [1.165, 1.54) is 0 Å². The third-order valence-corrected chi connectivity index (χ3v) is 2.19. The number of hydrogen-bond acceptors (Lipinski definition) is 1. The maximum Gasteiger partial charge on any atom is 0.244 e. The molecule has 1 fully saturated rings. The molecule has 1 saturated carbocycles. The second-order valence-corrected chi connectivity index (χ2v) is 2.99. The Kier molecular flexibility index (Phi) is 2.24. The smallest absolute Gasteiger partial charge is 0.244 e. The minimum Gasteiger partial charge on any atom is -0.396 e. The summed E-state index contributed by atoms with van der Waals surface area (Å²) in [6.07, 6.45) is 0.111. The van der Waals surface area contributed by atoms with Gasteiger partial charge < -0.3 is 5.11 Å². The Morgan fingerprint density at radius 2 is 2.00 bits per heavy atom. The van der Waals surface area contributed by atoms with Gasteiger partial charge in [-0.1, -0.05) is 0 Å². The van der Waals surface area contributed by atoms with Crippen LogP contribution in [0.5, 0.6) is 0 Å². The molecular formula is C7H12F2O. The number of rotatable bonds is 4. The molecule has 60 valence electrons. The van der Waals surface area contributed by atoms with Crippen molar-refractivity contribution in [3.05, 3.63) is 0 Å². The Morgan fingerprint density at radius 1 is 1.40 bits per heavy atom. The van der Waals surface area contributed by atoms with Crippen LogP contribution in [0, 0.1) is 5.41 Å². The molecule has 0 bridgehead atoms. The van der Waals surface area contributed by atoms with Gasteiger partial charge >= 0.3 is 0 Å². The summed E-state index contributed by atoms with van der Waals surface area (Å²) < 4.78 is 24.2. The summed E-state index contributed by atoms with van der Waals surface area (Å²) in [5, 5.41) is 8.39. The summed E-state index contributed by atoms with van der Waals surface area (Å²) in [5.41, 5.74) is -0.692. The van der Waals surface area contributed by atoms with Gasteiger partial charge in [-0.25, -0.2) is 8.78 Å². The van der Waals surface area contributed by atoms with E-state index < -0.39 is 11.8 Å². The summed E-state index contributed by atoms with van der Waals surface area (Å²) in [4.78, 5) is 0. The summed E-state index contributed by atoms with van der Waals surface area (Å²) in [6, 6.07) is 0. The minimum absolute atomic E-state index is 0.0362. The molecule has 0 aromatic carbocycles. The molecule has 0 amide bonds. The van der Waals surface area contributed by atoms with E-state index in [1.54, 1.807) is 0 Å². The topological polar surface area (TPSA) is 20.2 Å². The van der Waals surface area contributed by atoms with E-state index in [0.717, 1.165) is 0 Å². The highest BCUT2D eigenvalue weighted by Gasteiger charge is 2.49. The highest BCUT2D eigenvalue weighted by atomic mass is 19.3. The number of aliphatic hydroxyl groups is 1. The van der Waals surface area contributed by atoms with Gasteiger partial charge in [0.15, 0.2) is 0 Å². The molecule has 1 aliphatic carbocycles. The summed E-state index contributed by atoms with van der Waals surface area (Å²) in [7, 11) is 0. The SMILES string of the molecule is OCCCC1(C(F)F)CC1. The first-order valence-electron chi connectivity index (χ1n) is 3.60. The summed E-state index contributed by atoms with van der Waals surface area (Å²) in [6.45, 7) is 0.0362. The normalized spacial score (nSPS) is 21.6. The summed E-state index contributed by atoms with van der Waals surface area (Å²) >= 11 is 0. The zero-order chi connectivity index (χ0) is 7.61. The molecule has 0 heterocycles. The molecule has 0 aliphatic heterocycles. The molecule has 1 nitrogen and oxygen atoms in total. The molecule has 1 N–H and O–H groups in total. The van der Waals surface area contributed by atoms with Crippen LogP contribution in [0.4, 0.5) is 8.78 Å². The van der Waals surface area contributed by atoms with Gasteiger partial charge in [0.2, 0.25) is 6.43 Å². The maximum absolute atomic E-state index is 12.1. The standard InChI is InChI=1S/C7H12F2O/c8-6(9)7(3-4-7)2-1-5-10/h6,10H,1-5H2. The van der Waals surface area contributed by atoms with E-state index >= 15 is 0 Å². The molecule has 1 aliphatic rings. The van der Waals surface area contributed by atoms with Crippen molar-refractivity contribution < 1.29 is 13.9 Å². The number of alkyl halides is 2. The van der Waals surface area contributed by atoms with Crippen molar-refractivity contribution >= 4 is 0 Å². The van der Waals surface area contributed by atoms with Crippen LogP contribution in [0.25, 0.3) is 0 Å². The quantitative estimate of drug-likeness (QED) is 0.648. The third kappa shape index (κ3) is 1.45. The van der Waals surface area contributed by atoms with Gasteiger partial charge in [-0.3, -0.25) is 0 Å². The van der Waals surface area contributed by atoms with Crippen molar-refractivity contribution in [2.24, 2.45) is 5.41 Å². The first kappa shape index (κ1) is 7.92. The van der Waals surface area contributed by atoms with Gasteiger partial charge in [0.05, 0.1) is 0 Å². The van der Waals surface area contributed by atoms with E-state index in [1.807, 2.05) is 0 Å². The van der Waals surface area contributed by atoms with Crippen LogP contribution in [-0.4, -0.2) is 18.1 Å².